The van der Waals surface area contributed by atoms with E-state index in [1.807, 2.05) is 0 Å². The maximum Gasteiger partial charge on any atom is 0.322 e. The van der Waals surface area contributed by atoms with Crippen molar-refractivity contribution < 1.29 is 14.0 Å². The molecule has 0 aliphatic carbocycles. The molecule has 2 aromatic heterocycles. The average Bonchev–Trinajstić information content (AvgIpc) is 2.90. The highest BCUT2D eigenvalue weighted by Crippen LogP contribution is 2.25. The molecule has 96 valence electrons. The Kier molecular flexibility index (Phi) is 2.28. The van der Waals surface area contributed by atoms with Crippen LogP contribution in [0.15, 0.2) is 29.3 Å². The van der Waals surface area contributed by atoms with Gasteiger partial charge >= 0.3 is 6.03 Å². The molecule has 3 amide bonds. The number of rotatable bonds is 2. The Morgan fingerprint density at radius 2 is 2.21 bits per heavy atom. The minimum atomic E-state index is -0.828. The van der Waals surface area contributed by atoms with Gasteiger partial charge < -0.3 is 15.5 Å². The van der Waals surface area contributed by atoms with E-state index in [0.717, 1.165) is 0 Å². The van der Waals surface area contributed by atoms with E-state index in [-0.39, 0.29) is 0 Å². The van der Waals surface area contributed by atoms with Crippen LogP contribution in [0.4, 0.5) is 4.79 Å². The minimum absolute atomic E-state index is 0.325. The van der Waals surface area contributed by atoms with Crippen molar-refractivity contribution in [3.63, 3.8) is 0 Å². The van der Waals surface area contributed by atoms with Crippen LogP contribution < -0.4 is 16.4 Å². The molecule has 1 atom stereocenters. The number of nitrogens with zero attached hydrogens (tertiary/aromatic N) is 1. The first kappa shape index (κ1) is 11.3. The quantitative estimate of drug-likeness (QED) is 0.684. The van der Waals surface area contributed by atoms with E-state index in [1.54, 1.807) is 18.3 Å². The van der Waals surface area contributed by atoms with E-state index in [4.69, 9.17) is 10.2 Å². The van der Waals surface area contributed by atoms with E-state index in [9.17, 15) is 9.59 Å². The summed E-state index contributed by atoms with van der Waals surface area (Å²) in [6, 6.07) is 1.92. The van der Waals surface area contributed by atoms with Gasteiger partial charge in [-0.3, -0.25) is 15.1 Å². The Morgan fingerprint density at radius 1 is 1.42 bits per heavy atom. The van der Waals surface area contributed by atoms with Crippen molar-refractivity contribution in [1.82, 2.24) is 15.6 Å². The lowest BCUT2D eigenvalue weighted by molar-refractivity contribution is -0.120. The molecule has 19 heavy (non-hydrogen) atoms. The Labute approximate surface area is 107 Å². The maximum atomic E-state index is 11.5. The number of nitrogens with one attached hydrogen (secondary N) is 2. The fraction of sp³-hybridized carbons (Fsp3) is 0.0833. The molecule has 1 fully saturated rings. The van der Waals surface area contributed by atoms with Gasteiger partial charge in [0, 0.05) is 23.5 Å². The molecule has 1 aliphatic rings. The van der Waals surface area contributed by atoms with E-state index in [2.05, 4.69) is 22.2 Å². The van der Waals surface area contributed by atoms with Crippen LogP contribution in [0.25, 0.3) is 16.8 Å². The zero-order valence-corrected chi connectivity index (χ0v) is 9.77. The highest BCUT2D eigenvalue weighted by Gasteiger charge is 2.33. The summed E-state index contributed by atoms with van der Waals surface area (Å²) < 4.78 is 5.53. The van der Waals surface area contributed by atoms with Crippen molar-refractivity contribution in [2.24, 2.45) is 5.73 Å². The summed E-state index contributed by atoms with van der Waals surface area (Å²) in [5, 5.41) is 4.59. The summed E-state index contributed by atoms with van der Waals surface area (Å²) in [4.78, 5) is 26.8. The molecule has 3 heterocycles. The van der Waals surface area contributed by atoms with Gasteiger partial charge in [-0.15, -0.1) is 0 Å². The second-order valence-corrected chi connectivity index (χ2v) is 4.18. The number of aromatic nitrogens is 1. The van der Waals surface area contributed by atoms with Gasteiger partial charge in [0.25, 0.3) is 5.91 Å². The Balaban J connectivity index is 2.04. The molecule has 0 bridgehead atoms. The Morgan fingerprint density at radius 3 is 2.84 bits per heavy atom. The molecular formula is C12H10N4O3. The van der Waals surface area contributed by atoms with Gasteiger partial charge in [-0.1, -0.05) is 6.58 Å². The lowest BCUT2D eigenvalue weighted by Crippen LogP contribution is -2.22. The lowest BCUT2D eigenvalue weighted by Gasteiger charge is -2.01. The summed E-state index contributed by atoms with van der Waals surface area (Å²) in [5.41, 5.74) is 7.66. The molecule has 0 radical (unpaired) electrons. The third-order valence-corrected chi connectivity index (χ3v) is 2.82. The van der Waals surface area contributed by atoms with Crippen LogP contribution in [-0.4, -0.2) is 16.9 Å². The molecule has 4 N–H and O–H groups in total. The Bertz CT molecular complexity index is 719. The average molecular weight is 258 g/mol. The van der Waals surface area contributed by atoms with Crippen molar-refractivity contribution in [3.8, 4) is 0 Å². The highest BCUT2D eigenvalue weighted by molar-refractivity contribution is 6.04. The van der Waals surface area contributed by atoms with E-state index in [0.29, 0.717) is 28.1 Å². The van der Waals surface area contributed by atoms with Gasteiger partial charge in [-0.05, 0) is 6.07 Å². The molecule has 7 heteroatoms. The second kappa shape index (κ2) is 3.84. The molecule has 7 nitrogen and oxygen atoms in total. The molecule has 0 spiro atoms. The summed E-state index contributed by atoms with van der Waals surface area (Å²) >= 11 is 0. The molecule has 0 aromatic carbocycles. The molecule has 1 aliphatic heterocycles. The molecule has 3 rings (SSSR count). The van der Waals surface area contributed by atoms with Gasteiger partial charge in [0.15, 0.2) is 11.6 Å². The molecule has 1 saturated heterocycles. The first-order chi connectivity index (χ1) is 9.04. The van der Waals surface area contributed by atoms with Crippen LogP contribution in [0, 0.1) is 0 Å². The molecule has 2 aromatic rings. The number of hydrogen-bond acceptors (Lipinski definition) is 5. The SMILES string of the molecule is C=C(N)c1cnc2cc([C@@H]3NC(=O)NC3=O)oc2c1. The summed E-state index contributed by atoms with van der Waals surface area (Å²) in [5.74, 6) is -0.127. The van der Waals surface area contributed by atoms with Gasteiger partial charge in [0.1, 0.15) is 11.3 Å². The van der Waals surface area contributed by atoms with Crippen molar-refractivity contribution >= 4 is 28.7 Å². The standard InChI is InChI=1S/C12H10N4O3/c1-5(13)6-2-8-7(14-4-6)3-9(19-8)10-11(17)16-12(18)15-10/h2-4,10H,1,13H2,(H2,15,16,17,18)/t10-/m0/s1. The lowest BCUT2D eigenvalue weighted by atomic mass is 10.2. The number of nitrogens with two attached hydrogens (primary N) is 1. The van der Waals surface area contributed by atoms with Crippen molar-refractivity contribution in [1.29, 1.82) is 0 Å². The van der Waals surface area contributed by atoms with Gasteiger partial charge in [-0.25, -0.2) is 4.79 Å². The first-order valence-corrected chi connectivity index (χ1v) is 5.50. The number of urea groups is 1. The van der Waals surface area contributed by atoms with Crippen LogP contribution in [-0.2, 0) is 4.79 Å². The summed E-state index contributed by atoms with van der Waals surface area (Å²) in [6.07, 6.45) is 1.57. The predicted octanol–water partition coefficient (Wildman–Crippen LogP) is 0.638. The monoisotopic (exact) mass is 258 g/mol. The van der Waals surface area contributed by atoms with E-state index < -0.39 is 18.0 Å². The van der Waals surface area contributed by atoms with Crippen molar-refractivity contribution in [2.75, 3.05) is 0 Å². The zero-order chi connectivity index (χ0) is 13.6. The minimum Gasteiger partial charge on any atom is -0.457 e. The number of imide groups is 1. The van der Waals surface area contributed by atoms with Crippen LogP contribution in [0.5, 0.6) is 0 Å². The van der Waals surface area contributed by atoms with Crippen LogP contribution >= 0.6 is 0 Å². The molecular weight excluding hydrogens is 248 g/mol. The fourth-order valence-electron chi connectivity index (χ4n) is 1.87. The maximum absolute atomic E-state index is 11.5. The van der Waals surface area contributed by atoms with Crippen LogP contribution in [0.1, 0.15) is 17.4 Å². The molecule has 0 unspecified atom stereocenters. The number of amides is 3. The smallest absolute Gasteiger partial charge is 0.322 e. The van der Waals surface area contributed by atoms with Gasteiger partial charge in [-0.2, -0.15) is 0 Å². The Hall–Kier alpha value is -2.83. The number of hydrogen-bond donors (Lipinski definition) is 3. The van der Waals surface area contributed by atoms with Crippen molar-refractivity contribution in [3.05, 3.63) is 36.2 Å². The number of pyridine rings is 1. The first-order valence-electron chi connectivity index (χ1n) is 5.50. The number of carbonyl (C=O) groups is 2. The number of furan rings is 1. The third-order valence-electron chi connectivity index (χ3n) is 2.82. The summed E-state index contributed by atoms with van der Waals surface area (Å²) in [7, 11) is 0. The summed E-state index contributed by atoms with van der Waals surface area (Å²) in [6.45, 7) is 3.61. The van der Waals surface area contributed by atoms with Crippen LogP contribution in [0.3, 0.4) is 0 Å². The fourth-order valence-corrected chi connectivity index (χ4v) is 1.87. The topological polar surface area (TPSA) is 110 Å². The zero-order valence-electron chi connectivity index (χ0n) is 9.77. The van der Waals surface area contributed by atoms with E-state index >= 15 is 0 Å². The third kappa shape index (κ3) is 1.81. The molecule has 0 saturated carbocycles. The van der Waals surface area contributed by atoms with Gasteiger partial charge in [0.2, 0.25) is 0 Å². The number of carbonyl (C=O) groups excluding carboxylic acids is 2. The van der Waals surface area contributed by atoms with Crippen molar-refractivity contribution in [2.45, 2.75) is 6.04 Å². The van der Waals surface area contributed by atoms with Crippen LogP contribution in [0.2, 0.25) is 0 Å². The van der Waals surface area contributed by atoms with Gasteiger partial charge in [0.05, 0.1) is 0 Å². The highest BCUT2D eigenvalue weighted by atomic mass is 16.3. The largest absolute Gasteiger partial charge is 0.457 e. The number of fused-ring (bicyclic) bond motifs is 1. The normalized spacial score (nSPS) is 18.4. The van der Waals surface area contributed by atoms with E-state index in [1.165, 1.54) is 0 Å². The predicted molar refractivity (Wildman–Crippen MR) is 66.6 cm³/mol. The second-order valence-electron chi connectivity index (χ2n) is 4.18.